The molecule has 2 rings (SSSR count). The zero-order valence-corrected chi connectivity index (χ0v) is 11.0. The summed E-state index contributed by atoms with van der Waals surface area (Å²) in [4.78, 5) is 8.41. The van der Waals surface area contributed by atoms with E-state index in [1.165, 1.54) is 17.5 Å². The summed E-state index contributed by atoms with van der Waals surface area (Å²) in [7, 11) is 0. The third kappa shape index (κ3) is 2.32. The van der Waals surface area contributed by atoms with Crippen molar-refractivity contribution in [1.29, 1.82) is 0 Å². The van der Waals surface area contributed by atoms with E-state index in [1.54, 1.807) is 0 Å². The molecule has 2 nitrogen and oxygen atoms in total. The van der Waals surface area contributed by atoms with Gasteiger partial charge >= 0.3 is 0 Å². The molecule has 2 aromatic rings. The van der Waals surface area contributed by atoms with Gasteiger partial charge in [-0.25, -0.2) is 9.97 Å². The molecule has 3 heteroatoms. The Morgan fingerprint density at radius 2 is 1.94 bits per heavy atom. The van der Waals surface area contributed by atoms with Gasteiger partial charge in [-0.2, -0.15) is 0 Å². The Morgan fingerprint density at radius 1 is 1.18 bits per heavy atom. The molecule has 1 heterocycles. The molecule has 1 aromatic heterocycles. The molecule has 88 valence electrons. The molecule has 0 atom stereocenters. The van der Waals surface area contributed by atoms with Crippen molar-refractivity contribution in [3.8, 4) is 11.3 Å². The lowest BCUT2D eigenvalue weighted by Gasteiger charge is -2.11. The van der Waals surface area contributed by atoms with E-state index in [2.05, 4.69) is 48.9 Å². The zero-order chi connectivity index (χ0) is 12.4. The fourth-order valence-corrected chi connectivity index (χ4v) is 2.28. The molecule has 0 spiro atoms. The van der Waals surface area contributed by atoms with Crippen LogP contribution in [0.2, 0.25) is 5.15 Å². The van der Waals surface area contributed by atoms with Gasteiger partial charge in [0.25, 0.3) is 0 Å². The molecule has 0 saturated carbocycles. The Bertz CT molecular complexity index is 550. The molecule has 0 amide bonds. The number of aromatic nitrogens is 2. The van der Waals surface area contributed by atoms with Crippen molar-refractivity contribution in [2.75, 3.05) is 0 Å². The lowest BCUT2D eigenvalue weighted by Crippen LogP contribution is -1.97. The van der Waals surface area contributed by atoms with E-state index < -0.39 is 0 Å². The highest BCUT2D eigenvalue weighted by Gasteiger charge is 2.11. The summed E-state index contributed by atoms with van der Waals surface area (Å²) in [6.45, 7) is 6.25. The molecule has 0 radical (unpaired) electrons. The van der Waals surface area contributed by atoms with E-state index >= 15 is 0 Å². The Balaban J connectivity index is 2.64. The van der Waals surface area contributed by atoms with Crippen LogP contribution < -0.4 is 0 Å². The van der Waals surface area contributed by atoms with Gasteiger partial charge in [0.2, 0.25) is 0 Å². The summed E-state index contributed by atoms with van der Waals surface area (Å²) in [5.41, 5.74) is 5.57. The molecule has 0 fully saturated rings. The normalized spacial score (nSPS) is 10.6. The molecule has 0 unspecified atom stereocenters. The van der Waals surface area contributed by atoms with Crippen molar-refractivity contribution in [2.24, 2.45) is 0 Å². The van der Waals surface area contributed by atoms with Crippen molar-refractivity contribution in [2.45, 2.75) is 27.2 Å². The van der Waals surface area contributed by atoms with E-state index in [4.69, 9.17) is 11.6 Å². The summed E-state index contributed by atoms with van der Waals surface area (Å²) in [6, 6.07) is 6.35. The van der Waals surface area contributed by atoms with Crippen LogP contribution in [-0.2, 0) is 6.42 Å². The topological polar surface area (TPSA) is 25.8 Å². The highest BCUT2D eigenvalue weighted by Crippen LogP contribution is 2.28. The van der Waals surface area contributed by atoms with Crippen molar-refractivity contribution in [1.82, 2.24) is 9.97 Å². The average molecular weight is 247 g/mol. The Labute approximate surface area is 107 Å². The maximum Gasteiger partial charge on any atom is 0.136 e. The first-order valence-electron chi connectivity index (χ1n) is 5.70. The molecule has 0 aliphatic carbocycles. The smallest absolute Gasteiger partial charge is 0.136 e. The Morgan fingerprint density at radius 3 is 2.59 bits per heavy atom. The SMILES string of the molecule is CCc1c(Cl)ncnc1-c1ccc(C)cc1C. The number of hydrogen-bond acceptors (Lipinski definition) is 2. The van der Waals surface area contributed by atoms with E-state index in [-0.39, 0.29) is 0 Å². The molecule has 0 bridgehead atoms. The number of benzene rings is 1. The highest BCUT2D eigenvalue weighted by atomic mass is 35.5. The Hall–Kier alpha value is -1.41. The minimum absolute atomic E-state index is 0.553. The second-order valence-corrected chi connectivity index (χ2v) is 4.52. The minimum Gasteiger partial charge on any atom is -0.236 e. The fraction of sp³-hybridized carbons (Fsp3) is 0.286. The van der Waals surface area contributed by atoms with Crippen molar-refractivity contribution in [3.05, 3.63) is 46.4 Å². The summed E-state index contributed by atoms with van der Waals surface area (Å²) in [5, 5.41) is 0.553. The number of hydrogen-bond donors (Lipinski definition) is 0. The Kier molecular flexibility index (Phi) is 3.43. The average Bonchev–Trinajstić information content (AvgIpc) is 2.29. The van der Waals surface area contributed by atoms with Gasteiger partial charge in [0.05, 0.1) is 5.69 Å². The molecule has 0 aliphatic rings. The van der Waals surface area contributed by atoms with Crippen LogP contribution in [-0.4, -0.2) is 9.97 Å². The van der Waals surface area contributed by atoms with Gasteiger partial charge in [-0.1, -0.05) is 42.3 Å². The standard InChI is InChI=1S/C14H15ClN2/c1-4-11-13(16-8-17-14(11)15)12-6-5-9(2)7-10(12)3/h5-8H,4H2,1-3H3. The number of halogens is 1. The van der Waals surface area contributed by atoms with E-state index in [9.17, 15) is 0 Å². The van der Waals surface area contributed by atoms with Gasteiger partial charge < -0.3 is 0 Å². The van der Waals surface area contributed by atoms with Crippen LogP contribution in [0.1, 0.15) is 23.6 Å². The van der Waals surface area contributed by atoms with Crippen LogP contribution in [0.5, 0.6) is 0 Å². The van der Waals surface area contributed by atoms with Crippen LogP contribution >= 0.6 is 11.6 Å². The quantitative estimate of drug-likeness (QED) is 0.750. The van der Waals surface area contributed by atoms with E-state index in [0.717, 1.165) is 23.2 Å². The summed E-state index contributed by atoms with van der Waals surface area (Å²) < 4.78 is 0. The van der Waals surface area contributed by atoms with Crippen LogP contribution in [0.25, 0.3) is 11.3 Å². The fourth-order valence-electron chi connectivity index (χ4n) is 2.02. The maximum absolute atomic E-state index is 6.11. The molecule has 0 aliphatic heterocycles. The van der Waals surface area contributed by atoms with Gasteiger partial charge in [-0.3, -0.25) is 0 Å². The van der Waals surface area contributed by atoms with Crippen LogP contribution in [0.3, 0.4) is 0 Å². The van der Waals surface area contributed by atoms with Crippen molar-refractivity contribution >= 4 is 11.6 Å². The monoisotopic (exact) mass is 246 g/mol. The summed E-state index contributed by atoms with van der Waals surface area (Å²) >= 11 is 6.11. The van der Waals surface area contributed by atoms with Gasteiger partial charge in [-0.05, 0) is 25.8 Å². The summed E-state index contributed by atoms with van der Waals surface area (Å²) in [6.07, 6.45) is 2.36. The molecular formula is C14H15ClN2. The van der Waals surface area contributed by atoms with Gasteiger partial charge in [-0.15, -0.1) is 0 Å². The molecule has 17 heavy (non-hydrogen) atoms. The third-order valence-electron chi connectivity index (χ3n) is 2.88. The van der Waals surface area contributed by atoms with Crippen molar-refractivity contribution in [3.63, 3.8) is 0 Å². The molecule has 0 N–H and O–H groups in total. The highest BCUT2D eigenvalue weighted by molar-refractivity contribution is 6.30. The lowest BCUT2D eigenvalue weighted by atomic mass is 9.99. The van der Waals surface area contributed by atoms with Crippen LogP contribution in [0.15, 0.2) is 24.5 Å². The molecular weight excluding hydrogens is 232 g/mol. The first-order chi connectivity index (χ1) is 8.13. The number of rotatable bonds is 2. The van der Waals surface area contributed by atoms with Crippen LogP contribution in [0, 0.1) is 13.8 Å². The second kappa shape index (κ2) is 4.84. The zero-order valence-electron chi connectivity index (χ0n) is 10.3. The van der Waals surface area contributed by atoms with Gasteiger partial charge in [0.1, 0.15) is 11.5 Å². The predicted octanol–water partition coefficient (Wildman–Crippen LogP) is 3.98. The second-order valence-electron chi connectivity index (χ2n) is 4.16. The third-order valence-corrected chi connectivity index (χ3v) is 3.21. The first-order valence-corrected chi connectivity index (χ1v) is 6.08. The molecule has 1 aromatic carbocycles. The van der Waals surface area contributed by atoms with Gasteiger partial charge in [0.15, 0.2) is 0 Å². The van der Waals surface area contributed by atoms with Gasteiger partial charge in [0, 0.05) is 11.1 Å². The van der Waals surface area contributed by atoms with E-state index in [1.807, 2.05) is 0 Å². The van der Waals surface area contributed by atoms with Crippen LogP contribution in [0.4, 0.5) is 0 Å². The molecule has 0 saturated heterocycles. The van der Waals surface area contributed by atoms with E-state index in [0.29, 0.717) is 5.15 Å². The number of aryl methyl sites for hydroxylation is 2. The number of nitrogens with zero attached hydrogens (tertiary/aromatic N) is 2. The first kappa shape index (κ1) is 12.1. The lowest BCUT2D eigenvalue weighted by molar-refractivity contribution is 1.05. The maximum atomic E-state index is 6.11. The summed E-state index contributed by atoms with van der Waals surface area (Å²) in [5.74, 6) is 0. The largest absolute Gasteiger partial charge is 0.236 e. The van der Waals surface area contributed by atoms with Crippen molar-refractivity contribution < 1.29 is 0 Å². The minimum atomic E-state index is 0.553. The predicted molar refractivity (Wildman–Crippen MR) is 71.3 cm³/mol.